The molecule has 0 spiro atoms. The molecule has 0 aromatic heterocycles. The Labute approximate surface area is 124 Å². The Hall–Kier alpha value is -2.07. The van der Waals surface area contributed by atoms with E-state index in [1.54, 1.807) is 13.2 Å². The third-order valence-electron chi connectivity index (χ3n) is 3.46. The summed E-state index contributed by atoms with van der Waals surface area (Å²) in [5.41, 5.74) is 7.93. The lowest BCUT2D eigenvalue weighted by Gasteiger charge is -2.23. The molecule has 2 atom stereocenters. The highest BCUT2D eigenvalue weighted by molar-refractivity contribution is 5.34. The molecule has 0 bridgehead atoms. The molecule has 0 radical (unpaired) electrons. The summed E-state index contributed by atoms with van der Waals surface area (Å²) in [7, 11) is 1.62. The van der Waals surface area contributed by atoms with Crippen LogP contribution in [0.5, 0.6) is 11.5 Å². The summed E-state index contributed by atoms with van der Waals surface area (Å²) in [5, 5.41) is 0. The summed E-state index contributed by atoms with van der Waals surface area (Å²) in [4.78, 5) is 0. The highest BCUT2D eigenvalue weighted by atomic mass is 19.1. The van der Waals surface area contributed by atoms with Gasteiger partial charge in [-0.2, -0.15) is 0 Å². The quantitative estimate of drug-likeness (QED) is 0.914. The van der Waals surface area contributed by atoms with Crippen molar-refractivity contribution in [3.63, 3.8) is 0 Å². The first-order chi connectivity index (χ1) is 10.0. The summed E-state index contributed by atoms with van der Waals surface area (Å²) >= 11 is 0. The molecule has 0 amide bonds. The van der Waals surface area contributed by atoms with Gasteiger partial charge in [-0.25, -0.2) is 4.39 Å². The van der Waals surface area contributed by atoms with Gasteiger partial charge in [-0.1, -0.05) is 12.1 Å². The Morgan fingerprint density at radius 2 is 1.76 bits per heavy atom. The second-order valence-corrected chi connectivity index (χ2v) is 5.03. The number of aryl methyl sites for hydroxylation is 1. The summed E-state index contributed by atoms with van der Waals surface area (Å²) < 4.78 is 24.1. The van der Waals surface area contributed by atoms with Gasteiger partial charge in [-0.3, -0.25) is 0 Å². The molecular formula is C17H20FNO2. The third kappa shape index (κ3) is 3.73. The van der Waals surface area contributed by atoms with Crippen LogP contribution in [0.25, 0.3) is 0 Å². The van der Waals surface area contributed by atoms with E-state index in [-0.39, 0.29) is 18.0 Å². The van der Waals surface area contributed by atoms with Crippen LogP contribution in [0.15, 0.2) is 42.5 Å². The molecule has 0 fully saturated rings. The lowest BCUT2D eigenvalue weighted by Crippen LogP contribution is -2.28. The molecule has 21 heavy (non-hydrogen) atoms. The van der Waals surface area contributed by atoms with Crippen LogP contribution in [-0.2, 0) is 0 Å². The van der Waals surface area contributed by atoms with Crippen LogP contribution in [0.4, 0.5) is 4.39 Å². The number of rotatable bonds is 5. The summed E-state index contributed by atoms with van der Waals surface area (Å²) in [5.74, 6) is 1.16. The Morgan fingerprint density at radius 3 is 2.33 bits per heavy atom. The largest absolute Gasteiger partial charge is 0.497 e. The van der Waals surface area contributed by atoms with Crippen molar-refractivity contribution < 1.29 is 13.9 Å². The zero-order chi connectivity index (χ0) is 15.4. The van der Waals surface area contributed by atoms with Crippen LogP contribution in [-0.4, -0.2) is 13.2 Å². The number of hydrogen-bond donors (Lipinski definition) is 1. The van der Waals surface area contributed by atoms with Gasteiger partial charge in [0.25, 0.3) is 0 Å². The van der Waals surface area contributed by atoms with Gasteiger partial charge in [0.15, 0.2) is 0 Å². The predicted molar refractivity (Wildman–Crippen MR) is 81.1 cm³/mol. The number of nitrogens with two attached hydrogens (primary N) is 1. The Balaban J connectivity index is 2.09. The van der Waals surface area contributed by atoms with Gasteiger partial charge >= 0.3 is 0 Å². The zero-order valence-electron chi connectivity index (χ0n) is 12.5. The van der Waals surface area contributed by atoms with Crippen molar-refractivity contribution in [2.75, 3.05) is 7.11 Å². The zero-order valence-corrected chi connectivity index (χ0v) is 12.5. The lowest BCUT2D eigenvalue weighted by atomic mass is 10.0. The minimum atomic E-state index is -0.277. The maximum Gasteiger partial charge on any atom is 0.123 e. The van der Waals surface area contributed by atoms with Crippen molar-refractivity contribution in [1.82, 2.24) is 0 Å². The molecule has 0 saturated carbocycles. The molecule has 0 heterocycles. The fourth-order valence-corrected chi connectivity index (χ4v) is 2.12. The van der Waals surface area contributed by atoms with Crippen LogP contribution < -0.4 is 15.2 Å². The van der Waals surface area contributed by atoms with E-state index in [0.29, 0.717) is 5.75 Å². The smallest absolute Gasteiger partial charge is 0.123 e. The van der Waals surface area contributed by atoms with Crippen molar-refractivity contribution in [3.05, 3.63) is 59.4 Å². The maximum absolute atomic E-state index is 13.1. The maximum atomic E-state index is 13.1. The van der Waals surface area contributed by atoms with Crippen LogP contribution >= 0.6 is 0 Å². The van der Waals surface area contributed by atoms with Gasteiger partial charge in [0.1, 0.15) is 23.4 Å². The third-order valence-corrected chi connectivity index (χ3v) is 3.46. The highest BCUT2D eigenvalue weighted by Crippen LogP contribution is 2.24. The Kier molecular flexibility index (Phi) is 4.81. The van der Waals surface area contributed by atoms with Crippen molar-refractivity contribution in [2.24, 2.45) is 5.73 Å². The molecule has 0 saturated heterocycles. The van der Waals surface area contributed by atoms with E-state index >= 15 is 0 Å². The molecule has 0 aliphatic rings. The number of benzene rings is 2. The van der Waals surface area contributed by atoms with Gasteiger partial charge in [0.05, 0.1) is 13.2 Å². The first-order valence-corrected chi connectivity index (χ1v) is 6.83. The summed E-state index contributed by atoms with van der Waals surface area (Å²) in [6.07, 6.45) is -0.234. The minimum absolute atomic E-state index is 0.234. The average molecular weight is 289 g/mol. The van der Waals surface area contributed by atoms with Crippen LogP contribution in [0, 0.1) is 12.7 Å². The Morgan fingerprint density at radius 1 is 1.10 bits per heavy atom. The van der Waals surface area contributed by atoms with Crippen molar-refractivity contribution in [1.29, 1.82) is 0 Å². The number of halogens is 1. The van der Waals surface area contributed by atoms with Gasteiger partial charge in [0.2, 0.25) is 0 Å². The molecule has 2 N–H and O–H groups in total. The normalized spacial score (nSPS) is 13.6. The molecule has 112 valence electrons. The van der Waals surface area contributed by atoms with Crippen molar-refractivity contribution in [2.45, 2.75) is 26.0 Å². The van der Waals surface area contributed by atoms with Gasteiger partial charge in [-0.05, 0) is 55.3 Å². The van der Waals surface area contributed by atoms with Crippen LogP contribution in [0.1, 0.15) is 24.1 Å². The topological polar surface area (TPSA) is 44.5 Å². The lowest BCUT2D eigenvalue weighted by molar-refractivity contribution is 0.189. The first-order valence-electron chi connectivity index (χ1n) is 6.83. The highest BCUT2D eigenvalue weighted by Gasteiger charge is 2.17. The molecular weight excluding hydrogens is 269 g/mol. The second kappa shape index (κ2) is 6.59. The molecule has 2 aromatic rings. The number of hydrogen-bond acceptors (Lipinski definition) is 3. The molecule has 0 aliphatic heterocycles. The predicted octanol–water partition coefficient (Wildman–Crippen LogP) is 3.61. The number of methoxy groups -OCH3 is 1. The average Bonchev–Trinajstić information content (AvgIpc) is 2.49. The SMILES string of the molecule is COc1ccc(C(N)C(C)Oc2ccc(F)cc2C)cc1. The summed E-state index contributed by atoms with van der Waals surface area (Å²) in [6.45, 7) is 3.71. The molecule has 0 aliphatic carbocycles. The molecule has 2 rings (SSSR count). The molecule has 3 nitrogen and oxygen atoms in total. The fourth-order valence-electron chi connectivity index (χ4n) is 2.12. The van der Waals surface area contributed by atoms with Crippen molar-refractivity contribution >= 4 is 0 Å². The van der Waals surface area contributed by atoms with E-state index in [9.17, 15) is 4.39 Å². The Bertz CT molecular complexity index is 598. The van der Waals surface area contributed by atoms with Crippen LogP contribution in [0.2, 0.25) is 0 Å². The standard InChI is InChI=1S/C17H20FNO2/c1-11-10-14(18)6-9-16(11)21-12(2)17(19)13-4-7-15(20-3)8-5-13/h4-10,12,17H,19H2,1-3H3. The number of ether oxygens (including phenoxy) is 2. The second-order valence-electron chi connectivity index (χ2n) is 5.03. The van der Waals surface area contributed by atoms with Gasteiger partial charge in [-0.15, -0.1) is 0 Å². The van der Waals surface area contributed by atoms with Crippen molar-refractivity contribution in [3.8, 4) is 11.5 Å². The molecule has 2 aromatic carbocycles. The summed E-state index contributed by atoms with van der Waals surface area (Å²) in [6, 6.07) is 11.7. The fraction of sp³-hybridized carbons (Fsp3) is 0.294. The van der Waals surface area contributed by atoms with E-state index in [2.05, 4.69) is 0 Å². The van der Waals surface area contributed by atoms with E-state index in [1.165, 1.54) is 12.1 Å². The van der Waals surface area contributed by atoms with E-state index in [4.69, 9.17) is 15.2 Å². The van der Waals surface area contributed by atoms with Gasteiger partial charge in [0, 0.05) is 0 Å². The van der Waals surface area contributed by atoms with Gasteiger partial charge < -0.3 is 15.2 Å². The molecule has 2 unspecified atom stereocenters. The first kappa shape index (κ1) is 15.3. The molecule has 4 heteroatoms. The minimum Gasteiger partial charge on any atom is -0.497 e. The van der Waals surface area contributed by atoms with E-state index in [0.717, 1.165) is 16.9 Å². The van der Waals surface area contributed by atoms with Crippen LogP contribution in [0.3, 0.4) is 0 Å². The van der Waals surface area contributed by atoms with E-state index in [1.807, 2.05) is 38.1 Å². The van der Waals surface area contributed by atoms with E-state index < -0.39 is 0 Å². The monoisotopic (exact) mass is 289 g/mol.